The van der Waals surface area contributed by atoms with Gasteiger partial charge in [0.2, 0.25) is 11.8 Å². The summed E-state index contributed by atoms with van der Waals surface area (Å²) in [6.07, 6.45) is 0.682. The molecule has 0 saturated carbocycles. The maximum atomic E-state index is 13.9. The molecule has 220 valence electrons. The maximum absolute atomic E-state index is 13.9. The van der Waals surface area contributed by atoms with E-state index >= 15 is 0 Å². The van der Waals surface area contributed by atoms with Crippen LogP contribution in [0.1, 0.15) is 32.8 Å². The number of nitrogens with zero attached hydrogens (tertiary/aromatic N) is 2. The van der Waals surface area contributed by atoms with Crippen LogP contribution in [0.15, 0.2) is 71.6 Å². The van der Waals surface area contributed by atoms with E-state index in [9.17, 15) is 22.4 Å². The second-order valence-corrected chi connectivity index (χ2v) is 11.8. The van der Waals surface area contributed by atoms with Gasteiger partial charge in [0.05, 0.1) is 17.2 Å². The number of carbonyl (C=O) groups excluding carboxylic acids is 2. The number of sulfonamides is 1. The largest absolute Gasteiger partial charge is 0.494 e. The number of hydrogen-bond donors (Lipinski definition) is 1. The van der Waals surface area contributed by atoms with E-state index in [4.69, 9.17) is 27.9 Å². The molecule has 0 aliphatic rings. The number of nitrogens with one attached hydrogen (secondary N) is 1. The summed E-state index contributed by atoms with van der Waals surface area (Å²) >= 11 is 12.8. The van der Waals surface area contributed by atoms with E-state index in [-0.39, 0.29) is 27.2 Å². The van der Waals surface area contributed by atoms with E-state index in [1.807, 2.05) is 6.92 Å². The molecule has 0 heterocycles. The van der Waals surface area contributed by atoms with E-state index in [2.05, 4.69) is 5.32 Å². The van der Waals surface area contributed by atoms with Crippen molar-refractivity contribution >= 4 is 50.7 Å². The lowest BCUT2D eigenvalue weighted by Gasteiger charge is -2.32. The zero-order valence-corrected chi connectivity index (χ0v) is 25.3. The number of hydrogen-bond acceptors (Lipinski definition) is 5. The van der Waals surface area contributed by atoms with Crippen molar-refractivity contribution in [2.75, 3.05) is 24.0 Å². The van der Waals surface area contributed by atoms with Gasteiger partial charge in [0, 0.05) is 28.7 Å². The summed E-state index contributed by atoms with van der Waals surface area (Å²) in [7, 11) is -4.32. The van der Waals surface area contributed by atoms with Gasteiger partial charge in [-0.2, -0.15) is 0 Å². The molecule has 0 aromatic heterocycles. The summed E-state index contributed by atoms with van der Waals surface area (Å²) in [4.78, 5) is 28.0. The molecule has 0 unspecified atom stereocenters. The van der Waals surface area contributed by atoms with Crippen LogP contribution in [0.3, 0.4) is 0 Å². The molecule has 0 aliphatic heterocycles. The number of halogens is 3. The van der Waals surface area contributed by atoms with Gasteiger partial charge in [0.1, 0.15) is 24.2 Å². The maximum Gasteiger partial charge on any atom is 0.264 e. The van der Waals surface area contributed by atoms with Crippen LogP contribution in [-0.2, 0) is 26.2 Å². The Morgan fingerprint density at radius 3 is 2.15 bits per heavy atom. The highest BCUT2D eigenvalue weighted by Crippen LogP contribution is 2.29. The molecular formula is C29H32Cl2FN3O5S. The summed E-state index contributed by atoms with van der Waals surface area (Å²) in [5.74, 6) is -1.22. The van der Waals surface area contributed by atoms with E-state index in [0.717, 1.165) is 16.4 Å². The van der Waals surface area contributed by atoms with E-state index in [1.165, 1.54) is 48.2 Å². The molecule has 3 rings (SSSR count). The highest BCUT2D eigenvalue weighted by Gasteiger charge is 2.33. The first-order valence-corrected chi connectivity index (χ1v) is 15.2. The molecule has 41 heavy (non-hydrogen) atoms. The lowest BCUT2D eigenvalue weighted by molar-refractivity contribution is -0.139. The Balaban J connectivity index is 2.04. The average Bonchev–Trinajstić information content (AvgIpc) is 2.95. The first-order valence-electron chi connectivity index (χ1n) is 13.0. The van der Waals surface area contributed by atoms with Gasteiger partial charge in [-0.15, -0.1) is 0 Å². The van der Waals surface area contributed by atoms with Gasteiger partial charge >= 0.3 is 0 Å². The van der Waals surface area contributed by atoms with Crippen molar-refractivity contribution < 1.29 is 27.1 Å². The molecule has 0 saturated heterocycles. The van der Waals surface area contributed by atoms with E-state index < -0.39 is 40.2 Å². The van der Waals surface area contributed by atoms with Gasteiger partial charge in [-0.25, -0.2) is 12.8 Å². The molecule has 3 aromatic carbocycles. The Kier molecular flexibility index (Phi) is 11.4. The van der Waals surface area contributed by atoms with Crippen LogP contribution in [0.4, 0.5) is 10.1 Å². The van der Waals surface area contributed by atoms with Crippen LogP contribution in [-0.4, -0.2) is 50.9 Å². The van der Waals surface area contributed by atoms with Crippen molar-refractivity contribution in [2.45, 2.75) is 44.7 Å². The lowest BCUT2D eigenvalue weighted by Crippen LogP contribution is -2.51. The van der Waals surface area contributed by atoms with Gasteiger partial charge < -0.3 is 15.0 Å². The van der Waals surface area contributed by atoms with Gasteiger partial charge in [-0.05, 0) is 80.9 Å². The Morgan fingerprint density at radius 2 is 1.59 bits per heavy atom. The number of rotatable bonds is 13. The van der Waals surface area contributed by atoms with Crippen LogP contribution in [0, 0.1) is 5.82 Å². The first-order chi connectivity index (χ1) is 19.5. The molecule has 0 spiro atoms. The summed E-state index contributed by atoms with van der Waals surface area (Å²) in [6.45, 7) is 5.19. The quantitative estimate of drug-likeness (QED) is 0.265. The number of benzene rings is 3. The second-order valence-electron chi connectivity index (χ2n) is 9.08. The van der Waals surface area contributed by atoms with E-state index in [0.29, 0.717) is 30.9 Å². The number of anilines is 1. The molecule has 3 aromatic rings. The van der Waals surface area contributed by atoms with Crippen LogP contribution >= 0.6 is 23.2 Å². The topological polar surface area (TPSA) is 96.0 Å². The van der Waals surface area contributed by atoms with Crippen molar-refractivity contribution in [3.05, 3.63) is 88.2 Å². The third kappa shape index (κ3) is 8.12. The van der Waals surface area contributed by atoms with Gasteiger partial charge in [-0.3, -0.25) is 13.9 Å². The summed E-state index contributed by atoms with van der Waals surface area (Å²) in [6, 6.07) is 14.3. The normalized spacial score (nSPS) is 12.0. The van der Waals surface area contributed by atoms with Crippen LogP contribution < -0.4 is 14.4 Å². The van der Waals surface area contributed by atoms with Crippen LogP contribution in [0.25, 0.3) is 0 Å². The van der Waals surface area contributed by atoms with Crippen molar-refractivity contribution in [1.29, 1.82) is 0 Å². The Bertz CT molecular complexity index is 1430. The second kappa shape index (κ2) is 14.5. The predicted octanol–water partition coefficient (Wildman–Crippen LogP) is 5.67. The van der Waals surface area contributed by atoms with Crippen molar-refractivity contribution in [2.24, 2.45) is 0 Å². The molecule has 12 heteroatoms. The van der Waals surface area contributed by atoms with Gasteiger partial charge in [0.15, 0.2) is 0 Å². The standard InChI is InChI=1S/C29H32Cl2FN3O5S/c1-4-17-33-29(37)20(3)34(18-25-26(30)7-6-8-27(25)31)28(36)19-35(22-11-9-21(32)10-12-22)41(38,39)24-15-13-23(14-16-24)40-5-2/h6-16,20H,4-5,17-19H2,1-3H3,(H,33,37)/t20-/m1/s1. The van der Waals surface area contributed by atoms with E-state index in [1.54, 1.807) is 25.1 Å². The summed E-state index contributed by atoms with van der Waals surface area (Å²) < 4.78 is 47.8. The average molecular weight is 625 g/mol. The minimum Gasteiger partial charge on any atom is -0.494 e. The molecular weight excluding hydrogens is 592 g/mol. The SMILES string of the molecule is CCCNC(=O)[C@@H](C)N(Cc1c(Cl)cccc1Cl)C(=O)CN(c1ccc(F)cc1)S(=O)(=O)c1ccc(OCC)cc1. The molecule has 2 amide bonds. The number of ether oxygens (including phenoxy) is 1. The third-order valence-corrected chi connectivity index (χ3v) is 8.72. The molecule has 1 N–H and O–H groups in total. The molecule has 0 fully saturated rings. The Morgan fingerprint density at radius 1 is 0.976 bits per heavy atom. The van der Waals surface area contributed by atoms with Crippen LogP contribution in [0.5, 0.6) is 5.75 Å². The van der Waals surface area contributed by atoms with Crippen molar-refractivity contribution in [1.82, 2.24) is 10.2 Å². The Hall–Kier alpha value is -3.34. The predicted molar refractivity (Wildman–Crippen MR) is 158 cm³/mol. The summed E-state index contributed by atoms with van der Waals surface area (Å²) in [5.41, 5.74) is 0.467. The van der Waals surface area contributed by atoms with Crippen molar-refractivity contribution in [3.63, 3.8) is 0 Å². The van der Waals surface area contributed by atoms with Gasteiger partial charge in [0.25, 0.3) is 10.0 Å². The molecule has 1 atom stereocenters. The van der Waals surface area contributed by atoms with Crippen molar-refractivity contribution in [3.8, 4) is 5.75 Å². The zero-order valence-electron chi connectivity index (χ0n) is 22.9. The minimum atomic E-state index is -4.32. The van der Waals surface area contributed by atoms with Crippen LogP contribution in [0.2, 0.25) is 10.0 Å². The highest BCUT2D eigenvalue weighted by molar-refractivity contribution is 7.92. The monoisotopic (exact) mass is 623 g/mol. The first kappa shape index (κ1) is 32.2. The molecule has 0 radical (unpaired) electrons. The zero-order chi connectivity index (χ0) is 30.2. The highest BCUT2D eigenvalue weighted by atomic mass is 35.5. The summed E-state index contributed by atoms with van der Waals surface area (Å²) in [5, 5.41) is 3.33. The Labute approximate surface area is 250 Å². The molecule has 8 nitrogen and oxygen atoms in total. The fraction of sp³-hybridized carbons (Fsp3) is 0.310. The number of carbonyl (C=O) groups is 2. The fourth-order valence-corrected chi connectivity index (χ4v) is 5.90. The number of amides is 2. The fourth-order valence-electron chi connectivity index (χ4n) is 3.97. The third-order valence-electron chi connectivity index (χ3n) is 6.22. The van der Waals surface area contributed by atoms with Gasteiger partial charge in [-0.1, -0.05) is 36.2 Å². The molecule has 0 bridgehead atoms. The minimum absolute atomic E-state index is 0.0625. The molecule has 0 aliphatic carbocycles. The smallest absolute Gasteiger partial charge is 0.264 e. The lowest BCUT2D eigenvalue weighted by atomic mass is 10.1.